The Bertz CT molecular complexity index is 944. The Hall–Kier alpha value is -3.39. The van der Waals surface area contributed by atoms with Crippen molar-refractivity contribution < 1.29 is 29.0 Å². The molecule has 0 aromatic heterocycles. The van der Waals surface area contributed by atoms with Gasteiger partial charge in [-0.05, 0) is 28.2 Å². The highest BCUT2D eigenvalue weighted by Crippen LogP contribution is 2.44. The van der Waals surface area contributed by atoms with Crippen molar-refractivity contribution in [1.82, 2.24) is 10.6 Å². The second kappa shape index (κ2) is 10.3. The molecule has 0 saturated carbocycles. The van der Waals surface area contributed by atoms with Gasteiger partial charge in [0.15, 0.2) is 0 Å². The van der Waals surface area contributed by atoms with Gasteiger partial charge in [-0.15, -0.1) is 0 Å². The topological polar surface area (TPSA) is 114 Å². The van der Waals surface area contributed by atoms with Crippen LogP contribution in [0.3, 0.4) is 0 Å². The summed E-state index contributed by atoms with van der Waals surface area (Å²) in [4.78, 5) is 36.4. The number of amides is 2. The van der Waals surface area contributed by atoms with Crippen molar-refractivity contribution in [1.29, 1.82) is 0 Å². The van der Waals surface area contributed by atoms with Crippen molar-refractivity contribution >= 4 is 18.0 Å². The number of methoxy groups -OCH3 is 1. The number of rotatable bonds is 9. The molecule has 2 aromatic rings. The van der Waals surface area contributed by atoms with Crippen LogP contribution in [-0.2, 0) is 19.1 Å². The van der Waals surface area contributed by atoms with E-state index in [2.05, 4.69) is 10.6 Å². The van der Waals surface area contributed by atoms with Crippen LogP contribution in [-0.4, -0.2) is 55.5 Å². The number of benzene rings is 2. The van der Waals surface area contributed by atoms with E-state index in [-0.39, 0.29) is 25.0 Å². The minimum atomic E-state index is -1.15. The predicted molar refractivity (Wildman–Crippen MR) is 118 cm³/mol. The van der Waals surface area contributed by atoms with E-state index in [4.69, 9.17) is 9.47 Å². The Balaban J connectivity index is 1.65. The fraction of sp³-hybridized carbons (Fsp3) is 0.375. The molecule has 8 heteroatoms. The van der Waals surface area contributed by atoms with Crippen molar-refractivity contribution in [2.24, 2.45) is 5.92 Å². The third-order valence-electron chi connectivity index (χ3n) is 5.52. The molecule has 1 aliphatic carbocycles. The zero-order valence-electron chi connectivity index (χ0n) is 18.3. The lowest BCUT2D eigenvalue weighted by atomic mass is 9.98. The first-order chi connectivity index (χ1) is 15.3. The Morgan fingerprint density at radius 1 is 0.969 bits per heavy atom. The summed E-state index contributed by atoms with van der Waals surface area (Å²) in [5.74, 6) is -2.23. The van der Waals surface area contributed by atoms with Crippen LogP contribution in [0.15, 0.2) is 48.5 Å². The Kier molecular flexibility index (Phi) is 7.48. The summed E-state index contributed by atoms with van der Waals surface area (Å²) >= 11 is 0. The molecule has 2 amide bonds. The Labute approximate surface area is 186 Å². The van der Waals surface area contributed by atoms with Crippen molar-refractivity contribution in [3.8, 4) is 11.1 Å². The normalized spacial score (nSPS) is 14.2. The number of nitrogens with one attached hydrogen (secondary N) is 2. The van der Waals surface area contributed by atoms with Crippen molar-refractivity contribution in [2.75, 3.05) is 20.3 Å². The molecule has 3 rings (SSSR count). The molecule has 32 heavy (non-hydrogen) atoms. The van der Waals surface area contributed by atoms with E-state index < -0.39 is 30.1 Å². The number of carboxylic acid groups (broad SMARTS) is 1. The number of carbonyl (C=O) groups excluding carboxylic acids is 2. The van der Waals surface area contributed by atoms with E-state index in [0.717, 1.165) is 22.3 Å². The SMILES string of the molecule is COC[C@H](NC(=O)OCC1c2ccccc2-c2ccccc21)C(=O)N[C@H](C(=O)O)C(C)C. The van der Waals surface area contributed by atoms with Gasteiger partial charge in [0.1, 0.15) is 18.7 Å². The summed E-state index contributed by atoms with van der Waals surface area (Å²) in [5.41, 5.74) is 4.38. The monoisotopic (exact) mass is 440 g/mol. The third-order valence-corrected chi connectivity index (χ3v) is 5.52. The van der Waals surface area contributed by atoms with Gasteiger partial charge in [0.25, 0.3) is 0 Å². The molecule has 0 spiro atoms. The minimum absolute atomic E-state index is 0.102. The average Bonchev–Trinajstić information content (AvgIpc) is 3.09. The van der Waals surface area contributed by atoms with Crippen molar-refractivity contribution in [3.05, 3.63) is 59.7 Å². The molecular weight excluding hydrogens is 412 g/mol. The molecule has 0 heterocycles. The largest absolute Gasteiger partial charge is 0.480 e. The Morgan fingerprint density at radius 2 is 1.53 bits per heavy atom. The van der Waals surface area contributed by atoms with Gasteiger partial charge in [0.2, 0.25) is 5.91 Å². The molecule has 2 atom stereocenters. The second-order valence-corrected chi connectivity index (χ2v) is 8.05. The lowest BCUT2D eigenvalue weighted by Crippen LogP contribution is -2.54. The van der Waals surface area contributed by atoms with Gasteiger partial charge in [0, 0.05) is 13.0 Å². The third kappa shape index (κ3) is 5.08. The van der Waals surface area contributed by atoms with Crippen LogP contribution in [0.1, 0.15) is 30.9 Å². The summed E-state index contributed by atoms with van der Waals surface area (Å²) in [6.07, 6.45) is -0.777. The first-order valence-corrected chi connectivity index (χ1v) is 10.5. The van der Waals surface area contributed by atoms with E-state index in [1.807, 2.05) is 48.5 Å². The first kappa shape index (κ1) is 23.3. The van der Waals surface area contributed by atoms with Crippen LogP contribution in [0, 0.1) is 5.92 Å². The number of ether oxygens (including phenoxy) is 2. The molecule has 1 aliphatic rings. The van der Waals surface area contributed by atoms with E-state index in [1.54, 1.807) is 13.8 Å². The molecule has 0 bridgehead atoms. The zero-order valence-corrected chi connectivity index (χ0v) is 18.3. The maximum absolute atomic E-state index is 12.6. The van der Waals surface area contributed by atoms with Gasteiger partial charge in [-0.2, -0.15) is 0 Å². The molecule has 170 valence electrons. The molecular formula is C24H28N2O6. The number of carboxylic acids is 1. The van der Waals surface area contributed by atoms with E-state index >= 15 is 0 Å². The van der Waals surface area contributed by atoms with Gasteiger partial charge in [-0.1, -0.05) is 62.4 Å². The van der Waals surface area contributed by atoms with Gasteiger partial charge >= 0.3 is 12.1 Å². The lowest BCUT2D eigenvalue weighted by molar-refractivity contribution is -0.143. The van der Waals surface area contributed by atoms with E-state index in [1.165, 1.54) is 7.11 Å². The molecule has 0 unspecified atom stereocenters. The average molecular weight is 440 g/mol. The highest BCUT2D eigenvalue weighted by molar-refractivity contribution is 5.89. The van der Waals surface area contributed by atoms with Crippen LogP contribution < -0.4 is 10.6 Å². The smallest absolute Gasteiger partial charge is 0.407 e. The highest BCUT2D eigenvalue weighted by Gasteiger charge is 2.31. The molecule has 0 aliphatic heterocycles. The maximum atomic E-state index is 12.6. The fourth-order valence-electron chi connectivity index (χ4n) is 3.90. The summed E-state index contributed by atoms with van der Waals surface area (Å²) < 4.78 is 10.5. The minimum Gasteiger partial charge on any atom is -0.480 e. The number of hydrogen-bond donors (Lipinski definition) is 3. The molecule has 3 N–H and O–H groups in total. The van der Waals surface area contributed by atoms with E-state index in [9.17, 15) is 19.5 Å². The first-order valence-electron chi connectivity index (χ1n) is 10.5. The molecule has 0 saturated heterocycles. The summed E-state index contributed by atoms with van der Waals surface area (Å²) in [7, 11) is 1.39. The van der Waals surface area contributed by atoms with Gasteiger partial charge in [-0.25, -0.2) is 9.59 Å². The fourth-order valence-corrected chi connectivity index (χ4v) is 3.90. The number of alkyl carbamates (subject to hydrolysis) is 1. The quantitative estimate of drug-likeness (QED) is 0.553. The molecule has 0 radical (unpaired) electrons. The standard InChI is InChI=1S/C24H28N2O6/c1-14(2)21(23(28)29)26-22(27)20(13-31-3)25-24(30)32-12-19-17-10-6-4-8-15(17)16-9-5-7-11-18(16)19/h4-11,14,19-21H,12-13H2,1-3H3,(H,25,30)(H,26,27)(H,28,29)/t20-,21-/m0/s1. The number of hydrogen-bond acceptors (Lipinski definition) is 5. The van der Waals surface area contributed by atoms with Crippen LogP contribution in [0.25, 0.3) is 11.1 Å². The van der Waals surface area contributed by atoms with Gasteiger partial charge in [0.05, 0.1) is 6.61 Å². The summed E-state index contributed by atoms with van der Waals surface area (Å²) in [5, 5.41) is 14.2. The van der Waals surface area contributed by atoms with Crippen LogP contribution in [0.2, 0.25) is 0 Å². The van der Waals surface area contributed by atoms with Crippen molar-refractivity contribution in [2.45, 2.75) is 31.8 Å². The number of fused-ring (bicyclic) bond motifs is 3. The maximum Gasteiger partial charge on any atom is 0.407 e. The van der Waals surface area contributed by atoms with Crippen LogP contribution in [0.5, 0.6) is 0 Å². The predicted octanol–water partition coefficient (Wildman–Crippen LogP) is 2.77. The Morgan fingerprint density at radius 3 is 2.03 bits per heavy atom. The summed E-state index contributed by atoms with van der Waals surface area (Å²) in [6, 6.07) is 13.8. The summed E-state index contributed by atoms with van der Waals surface area (Å²) in [6.45, 7) is 3.35. The molecule has 8 nitrogen and oxygen atoms in total. The van der Waals surface area contributed by atoms with Crippen LogP contribution in [0.4, 0.5) is 4.79 Å². The van der Waals surface area contributed by atoms with E-state index in [0.29, 0.717) is 0 Å². The number of aliphatic carboxylic acids is 1. The zero-order chi connectivity index (χ0) is 23.3. The molecule has 2 aromatic carbocycles. The molecule has 0 fully saturated rings. The second-order valence-electron chi connectivity index (χ2n) is 8.05. The van der Waals surface area contributed by atoms with Gasteiger partial charge in [-0.3, -0.25) is 4.79 Å². The lowest BCUT2D eigenvalue weighted by Gasteiger charge is -2.23. The van der Waals surface area contributed by atoms with Gasteiger partial charge < -0.3 is 25.2 Å². The van der Waals surface area contributed by atoms with Crippen molar-refractivity contribution in [3.63, 3.8) is 0 Å². The van der Waals surface area contributed by atoms with Crippen LogP contribution >= 0.6 is 0 Å². The highest BCUT2D eigenvalue weighted by atomic mass is 16.5. The number of carbonyl (C=O) groups is 3.